The Kier molecular flexibility index (Phi) is 2.71. The molecule has 0 aliphatic carbocycles. The van der Waals surface area contributed by atoms with Crippen molar-refractivity contribution in [2.75, 3.05) is 17.6 Å². The van der Waals surface area contributed by atoms with E-state index >= 15 is 0 Å². The number of hydrogen-bond donors (Lipinski definition) is 2. The van der Waals surface area contributed by atoms with Gasteiger partial charge in [0.25, 0.3) is 0 Å². The molecule has 2 rings (SSSR count). The van der Waals surface area contributed by atoms with Gasteiger partial charge in [0.15, 0.2) is 17.3 Å². The van der Waals surface area contributed by atoms with Gasteiger partial charge in [0.1, 0.15) is 0 Å². The van der Waals surface area contributed by atoms with E-state index in [4.69, 9.17) is 5.73 Å². The number of nitrogens with one attached hydrogen (secondary N) is 1. The first-order valence-corrected chi connectivity index (χ1v) is 5.03. The second-order valence-electron chi connectivity index (χ2n) is 3.12. The van der Waals surface area contributed by atoms with Gasteiger partial charge in [-0.3, -0.25) is 4.57 Å². The molecule has 0 saturated carbocycles. The van der Waals surface area contributed by atoms with Crippen LogP contribution >= 0.6 is 0 Å². The molecule has 8 nitrogen and oxygen atoms in total. The van der Waals surface area contributed by atoms with Crippen molar-refractivity contribution in [2.45, 2.75) is 20.4 Å². The monoisotopic (exact) mass is 223 g/mol. The van der Waals surface area contributed by atoms with E-state index in [1.54, 1.807) is 0 Å². The third-order valence-electron chi connectivity index (χ3n) is 2.13. The lowest BCUT2D eigenvalue weighted by molar-refractivity contribution is 0.310. The van der Waals surface area contributed by atoms with Gasteiger partial charge in [-0.2, -0.15) is 0 Å². The fraction of sp³-hybridized carbons (Fsp3) is 0.500. The summed E-state index contributed by atoms with van der Waals surface area (Å²) in [6.45, 7) is 5.44. The molecule has 8 heteroatoms. The molecule has 0 fully saturated rings. The van der Waals surface area contributed by atoms with Crippen LogP contribution in [0.25, 0.3) is 11.5 Å². The summed E-state index contributed by atoms with van der Waals surface area (Å²) < 4.78 is 6.40. The van der Waals surface area contributed by atoms with Crippen LogP contribution in [0.15, 0.2) is 4.63 Å². The van der Waals surface area contributed by atoms with Crippen LogP contribution in [0.5, 0.6) is 0 Å². The number of aromatic nitrogens is 5. The second-order valence-corrected chi connectivity index (χ2v) is 3.12. The van der Waals surface area contributed by atoms with Crippen LogP contribution in [0, 0.1) is 0 Å². The van der Waals surface area contributed by atoms with E-state index < -0.39 is 0 Å². The predicted molar refractivity (Wildman–Crippen MR) is 57.6 cm³/mol. The molecule has 86 valence electrons. The van der Waals surface area contributed by atoms with E-state index in [2.05, 4.69) is 30.5 Å². The van der Waals surface area contributed by atoms with E-state index in [9.17, 15) is 0 Å². The van der Waals surface area contributed by atoms with Gasteiger partial charge in [-0.15, -0.1) is 10.2 Å². The first-order chi connectivity index (χ1) is 7.77. The summed E-state index contributed by atoms with van der Waals surface area (Å²) in [6.07, 6.45) is 0. The van der Waals surface area contributed by atoms with E-state index in [1.165, 1.54) is 0 Å². The fourth-order valence-corrected chi connectivity index (χ4v) is 1.42. The topological polar surface area (TPSA) is 108 Å². The van der Waals surface area contributed by atoms with Gasteiger partial charge in [0.2, 0.25) is 5.95 Å². The van der Waals surface area contributed by atoms with Crippen molar-refractivity contribution < 1.29 is 4.63 Å². The van der Waals surface area contributed by atoms with E-state index in [-0.39, 0.29) is 5.82 Å². The van der Waals surface area contributed by atoms with Crippen molar-refractivity contribution in [3.8, 4) is 11.5 Å². The molecular formula is C8H13N7O. The Balaban J connectivity index is 2.46. The molecule has 0 radical (unpaired) electrons. The molecule has 0 saturated heterocycles. The summed E-state index contributed by atoms with van der Waals surface area (Å²) in [4.78, 5) is 0. The van der Waals surface area contributed by atoms with Crippen molar-refractivity contribution in [3.05, 3.63) is 0 Å². The molecule has 2 heterocycles. The minimum Gasteiger partial charge on any atom is -0.379 e. The number of nitrogen functional groups attached to an aromatic ring is 1. The zero-order chi connectivity index (χ0) is 11.5. The van der Waals surface area contributed by atoms with Gasteiger partial charge in [-0.25, -0.2) is 4.63 Å². The van der Waals surface area contributed by atoms with Crippen molar-refractivity contribution in [1.82, 2.24) is 25.1 Å². The average Bonchev–Trinajstić information content (AvgIpc) is 2.84. The number of anilines is 2. The van der Waals surface area contributed by atoms with Crippen LogP contribution in [0.2, 0.25) is 0 Å². The van der Waals surface area contributed by atoms with Gasteiger partial charge in [-0.1, -0.05) is 0 Å². The van der Waals surface area contributed by atoms with E-state index in [1.807, 2.05) is 18.4 Å². The third-order valence-corrected chi connectivity index (χ3v) is 2.13. The van der Waals surface area contributed by atoms with Crippen molar-refractivity contribution in [3.63, 3.8) is 0 Å². The third kappa shape index (κ3) is 1.58. The Hall–Kier alpha value is -2.12. The Morgan fingerprint density at radius 2 is 2.12 bits per heavy atom. The lowest BCUT2D eigenvalue weighted by Crippen LogP contribution is -2.07. The molecule has 0 atom stereocenters. The van der Waals surface area contributed by atoms with Crippen molar-refractivity contribution in [1.29, 1.82) is 0 Å². The molecule has 0 aromatic carbocycles. The zero-order valence-corrected chi connectivity index (χ0v) is 9.14. The van der Waals surface area contributed by atoms with Crippen molar-refractivity contribution >= 4 is 11.8 Å². The first-order valence-electron chi connectivity index (χ1n) is 5.03. The SMILES string of the molecule is CCNc1nnc(-c2nonc2N)n1CC. The molecule has 0 aliphatic rings. The Bertz CT molecular complexity index is 474. The van der Waals surface area contributed by atoms with Gasteiger partial charge in [0.05, 0.1) is 0 Å². The summed E-state index contributed by atoms with van der Waals surface area (Å²) in [5.41, 5.74) is 6.03. The highest BCUT2D eigenvalue weighted by atomic mass is 16.6. The lowest BCUT2D eigenvalue weighted by Gasteiger charge is -2.05. The largest absolute Gasteiger partial charge is 0.379 e. The Labute approximate surface area is 91.8 Å². The standard InChI is InChI=1S/C8H13N7O/c1-3-10-8-12-11-7(15(8)4-2)5-6(9)14-16-13-5/h3-4H2,1-2H3,(H2,9,14)(H,10,12). The maximum atomic E-state index is 5.61. The Morgan fingerprint density at radius 1 is 1.31 bits per heavy atom. The van der Waals surface area contributed by atoms with Crippen LogP contribution < -0.4 is 11.1 Å². The molecule has 3 N–H and O–H groups in total. The molecule has 0 unspecified atom stereocenters. The van der Waals surface area contributed by atoms with Gasteiger partial charge < -0.3 is 11.1 Å². The fourth-order valence-electron chi connectivity index (χ4n) is 1.42. The molecular weight excluding hydrogens is 210 g/mol. The normalized spacial score (nSPS) is 10.6. The van der Waals surface area contributed by atoms with Crippen LogP contribution in [0.3, 0.4) is 0 Å². The molecule has 0 spiro atoms. The number of nitrogens with zero attached hydrogens (tertiary/aromatic N) is 5. The number of nitrogens with two attached hydrogens (primary N) is 1. The summed E-state index contributed by atoms with van der Waals surface area (Å²) in [7, 11) is 0. The predicted octanol–water partition coefficient (Wildman–Crippen LogP) is 0.362. The summed E-state index contributed by atoms with van der Waals surface area (Å²) in [5.74, 6) is 1.45. The molecule has 2 aromatic rings. The maximum Gasteiger partial charge on any atom is 0.224 e. The molecule has 0 bridgehead atoms. The molecule has 0 amide bonds. The Morgan fingerprint density at radius 3 is 2.69 bits per heavy atom. The van der Waals surface area contributed by atoms with E-state index in [0.717, 1.165) is 6.54 Å². The first kappa shape index (κ1) is 10.4. The van der Waals surface area contributed by atoms with Gasteiger partial charge >= 0.3 is 0 Å². The van der Waals surface area contributed by atoms with Gasteiger partial charge in [0, 0.05) is 13.1 Å². The molecule has 16 heavy (non-hydrogen) atoms. The average molecular weight is 223 g/mol. The summed E-state index contributed by atoms with van der Waals surface area (Å²) in [5, 5.41) is 18.3. The minimum absolute atomic E-state index is 0.213. The minimum atomic E-state index is 0.213. The molecule has 0 aliphatic heterocycles. The summed E-state index contributed by atoms with van der Waals surface area (Å²) >= 11 is 0. The number of hydrogen-bond acceptors (Lipinski definition) is 7. The van der Waals surface area contributed by atoms with Crippen LogP contribution in [-0.4, -0.2) is 31.6 Å². The number of rotatable bonds is 4. The quantitative estimate of drug-likeness (QED) is 0.770. The van der Waals surface area contributed by atoms with E-state index in [0.29, 0.717) is 24.0 Å². The highest BCUT2D eigenvalue weighted by molar-refractivity contribution is 5.63. The van der Waals surface area contributed by atoms with Crippen LogP contribution in [0.4, 0.5) is 11.8 Å². The highest BCUT2D eigenvalue weighted by Crippen LogP contribution is 2.22. The van der Waals surface area contributed by atoms with Crippen molar-refractivity contribution in [2.24, 2.45) is 0 Å². The zero-order valence-electron chi connectivity index (χ0n) is 9.14. The highest BCUT2D eigenvalue weighted by Gasteiger charge is 2.18. The smallest absolute Gasteiger partial charge is 0.224 e. The van der Waals surface area contributed by atoms with Crippen LogP contribution in [-0.2, 0) is 6.54 Å². The maximum absolute atomic E-state index is 5.61. The van der Waals surface area contributed by atoms with Gasteiger partial charge in [-0.05, 0) is 24.2 Å². The van der Waals surface area contributed by atoms with Crippen LogP contribution in [0.1, 0.15) is 13.8 Å². The molecule has 2 aromatic heterocycles. The summed E-state index contributed by atoms with van der Waals surface area (Å²) in [6, 6.07) is 0. The second kappa shape index (κ2) is 4.17. The lowest BCUT2D eigenvalue weighted by atomic mass is 10.4.